The molecule has 0 fully saturated rings. The molecule has 2 N–H and O–H groups in total. The molecule has 0 aliphatic heterocycles. The molecule has 0 aromatic rings. The molecule has 5 atom stereocenters. The molecule has 12 heteroatoms. The molecule has 0 aromatic carbocycles. The summed E-state index contributed by atoms with van der Waals surface area (Å²) >= 11 is 0. The Kier molecular flexibility index (Phi) is 32.8. The minimum atomic E-state index is -4.45. The van der Waals surface area contributed by atoms with Crippen molar-refractivity contribution in [3.05, 3.63) is 97.2 Å². The average molecular weight is 887 g/mol. The first-order chi connectivity index (χ1) is 29.8. The lowest BCUT2D eigenvalue weighted by Crippen LogP contribution is -2.37. The Labute approximate surface area is 374 Å². The van der Waals surface area contributed by atoms with Gasteiger partial charge in [0.05, 0.1) is 33.9 Å². The summed E-state index contributed by atoms with van der Waals surface area (Å²) < 4.78 is 34.3. The first-order valence-corrected chi connectivity index (χ1v) is 24.5. The molecule has 0 bridgehead atoms. The highest BCUT2D eigenvalue weighted by Crippen LogP contribution is 2.43. The SMILES string of the molecule is CC/C=C\C/C=C\C/C=C\C/C=C\C/C=C\CCCCCC(=O)OC[C@H](COP(=O)(O)OCC[N+](C)(C)C)OC(=O)CCC/C=C\C[C@H]1C=CC(=O)[C@@H]1/C=C/[C@@H](O)CCCCC. The van der Waals surface area contributed by atoms with E-state index >= 15 is 0 Å². The van der Waals surface area contributed by atoms with Crippen LogP contribution in [0.15, 0.2) is 97.2 Å². The van der Waals surface area contributed by atoms with Gasteiger partial charge in [0.15, 0.2) is 11.9 Å². The first-order valence-electron chi connectivity index (χ1n) is 23.0. The fraction of sp³-hybridized carbons (Fsp3) is 0.620. The number of rotatable bonds is 37. The van der Waals surface area contributed by atoms with Gasteiger partial charge in [-0.25, -0.2) is 4.57 Å². The highest BCUT2D eigenvalue weighted by Gasteiger charge is 2.28. The number of unbranched alkanes of at least 4 members (excludes halogenated alkanes) is 6. The number of hydrogen-bond donors (Lipinski definition) is 2. The summed E-state index contributed by atoms with van der Waals surface area (Å²) in [5, 5.41) is 10.2. The van der Waals surface area contributed by atoms with Gasteiger partial charge in [-0.2, -0.15) is 0 Å². The van der Waals surface area contributed by atoms with Crippen LogP contribution in [0.1, 0.15) is 129 Å². The molecular formula is C50H81NO10P+. The number of esters is 2. The number of hydrogen-bond acceptors (Lipinski definition) is 9. The lowest BCUT2D eigenvalue weighted by molar-refractivity contribution is -0.870. The van der Waals surface area contributed by atoms with Crippen LogP contribution in [0.3, 0.4) is 0 Å². The van der Waals surface area contributed by atoms with E-state index in [2.05, 4.69) is 74.6 Å². The van der Waals surface area contributed by atoms with Crippen LogP contribution in [-0.2, 0) is 37.5 Å². The summed E-state index contributed by atoms with van der Waals surface area (Å²) in [6.45, 7) is 3.91. The van der Waals surface area contributed by atoms with Crippen molar-refractivity contribution in [1.82, 2.24) is 0 Å². The number of aliphatic hydroxyl groups excluding tert-OH is 1. The number of ketones is 1. The van der Waals surface area contributed by atoms with E-state index in [0.717, 1.165) is 70.6 Å². The van der Waals surface area contributed by atoms with Gasteiger partial charge in [-0.15, -0.1) is 0 Å². The van der Waals surface area contributed by atoms with Crippen molar-refractivity contribution in [3.8, 4) is 0 Å². The quantitative estimate of drug-likeness (QED) is 0.0203. The zero-order valence-corrected chi connectivity index (χ0v) is 39.6. The van der Waals surface area contributed by atoms with Gasteiger partial charge in [0.25, 0.3) is 0 Å². The van der Waals surface area contributed by atoms with Crippen molar-refractivity contribution in [2.24, 2.45) is 11.8 Å². The van der Waals surface area contributed by atoms with E-state index in [1.807, 2.05) is 45.4 Å². The molecular weight excluding hydrogens is 806 g/mol. The Bertz CT molecular complexity index is 1520. The number of phosphoric acid groups is 1. The fourth-order valence-electron chi connectivity index (χ4n) is 6.15. The molecule has 1 unspecified atom stereocenters. The number of aliphatic hydroxyl groups is 1. The summed E-state index contributed by atoms with van der Waals surface area (Å²) in [5.74, 6) is -1.24. The predicted octanol–water partition coefficient (Wildman–Crippen LogP) is 11.0. The van der Waals surface area contributed by atoms with Gasteiger partial charge >= 0.3 is 19.8 Å². The number of likely N-dealkylation sites (N-methyl/N-ethyl adjacent to an activating group) is 1. The van der Waals surface area contributed by atoms with Gasteiger partial charge < -0.3 is 24.0 Å². The largest absolute Gasteiger partial charge is 0.472 e. The van der Waals surface area contributed by atoms with E-state index in [9.17, 15) is 28.9 Å². The molecule has 1 aliphatic rings. The Morgan fingerprint density at radius 1 is 0.758 bits per heavy atom. The molecule has 0 spiro atoms. The van der Waals surface area contributed by atoms with Crippen molar-refractivity contribution in [2.75, 3.05) is 47.5 Å². The molecule has 0 heterocycles. The van der Waals surface area contributed by atoms with Crippen LogP contribution in [-0.4, -0.2) is 91.9 Å². The Hall–Kier alpha value is -3.44. The third-order valence-corrected chi connectivity index (χ3v) is 10.8. The second-order valence-corrected chi connectivity index (χ2v) is 18.2. The number of nitrogens with zero attached hydrogens (tertiary/aromatic N) is 1. The van der Waals surface area contributed by atoms with E-state index < -0.39 is 38.6 Å². The van der Waals surface area contributed by atoms with Crippen LogP contribution in [0.25, 0.3) is 0 Å². The van der Waals surface area contributed by atoms with Gasteiger partial charge in [0.2, 0.25) is 0 Å². The second kappa shape index (κ2) is 36.0. The van der Waals surface area contributed by atoms with E-state index in [4.69, 9.17) is 18.5 Å². The van der Waals surface area contributed by atoms with Crippen LogP contribution >= 0.6 is 7.82 Å². The molecule has 0 amide bonds. The number of phosphoric ester groups is 1. The Morgan fingerprint density at radius 2 is 1.37 bits per heavy atom. The normalized spacial score (nSPS) is 18.2. The maximum absolute atomic E-state index is 12.8. The molecule has 0 aromatic heterocycles. The van der Waals surface area contributed by atoms with Gasteiger partial charge in [-0.3, -0.25) is 23.4 Å². The number of carbonyl (C=O) groups is 3. The summed E-state index contributed by atoms with van der Waals surface area (Å²) in [6, 6.07) is 0. The van der Waals surface area contributed by atoms with E-state index in [0.29, 0.717) is 43.1 Å². The number of carbonyl (C=O) groups excluding carboxylic acids is 3. The van der Waals surface area contributed by atoms with Crippen molar-refractivity contribution in [1.29, 1.82) is 0 Å². The monoisotopic (exact) mass is 887 g/mol. The topological polar surface area (TPSA) is 146 Å². The number of ether oxygens (including phenoxy) is 2. The highest BCUT2D eigenvalue weighted by atomic mass is 31.2. The molecule has 1 aliphatic carbocycles. The van der Waals surface area contributed by atoms with Crippen molar-refractivity contribution in [3.63, 3.8) is 0 Å². The maximum Gasteiger partial charge on any atom is 0.472 e. The van der Waals surface area contributed by atoms with E-state index in [1.165, 1.54) is 0 Å². The van der Waals surface area contributed by atoms with Gasteiger partial charge in [0.1, 0.15) is 19.8 Å². The second-order valence-electron chi connectivity index (χ2n) is 16.7. The molecule has 0 saturated carbocycles. The molecule has 11 nitrogen and oxygen atoms in total. The van der Waals surface area contributed by atoms with Crippen LogP contribution in [0.5, 0.6) is 0 Å². The van der Waals surface area contributed by atoms with Crippen LogP contribution < -0.4 is 0 Å². The van der Waals surface area contributed by atoms with Crippen molar-refractivity contribution < 1.29 is 52.0 Å². The van der Waals surface area contributed by atoms with Crippen molar-refractivity contribution >= 4 is 25.5 Å². The van der Waals surface area contributed by atoms with E-state index in [1.54, 1.807) is 12.2 Å². The summed E-state index contributed by atoms with van der Waals surface area (Å²) in [5.41, 5.74) is 0. The predicted molar refractivity (Wildman–Crippen MR) is 251 cm³/mol. The highest BCUT2D eigenvalue weighted by molar-refractivity contribution is 7.47. The maximum atomic E-state index is 12.8. The minimum Gasteiger partial charge on any atom is -0.462 e. The molecule has 62 heavy (non-hydrogen) atoms. The third kappa shape index (κ3) is 33.2. The molecule has 1 rings (SSSR count). The zero-order valence-electron chi connectivity index (χ0n) is 38.7. The summed E-state index contributed by atoms with van der Waals surface area (Å²) in [7, 11) is 1.32. The molecule has 350 valence electrons. The van der Waals surface area contributed by atoms with Crippen LogP contribution in [0.4, 0.5) is 0 Å². The zero-order chi connectivity index (χ0) is 45.7. The molecule has 0 saturated heterocycles. The third-order valence-electron chi connectivity index (χ3n) is 9.85. The average Bonchev–Trinajstić information content (AvgIpc) is 3.57. The van der Waals surface area contributed by atoms with Gasteiger partial charge in [-0.05, 0) is 89.0 Å². The first kappa shape index (κ1) is 56.6. The standard InChI is InChI=1S/C50H80NO10P/c1-6-8-10-11-12-13-14-15-16-17-18-19-20-21-22-23-24-25-30-34-49(54)58-42-46(43-60-62(56,57)59-41-40-51(3,4)5)61-50(55)35-31-27-26-29-32-44-36-39-48(53)47(44)38-37-45(52)33-28-9-7-2/h8,10,12-13,15-16,18-19,21-22,26,29,36-39,44-47,52H,6-7,9,11,14,17,20,23-25,27-28,30-35,40-43H2,1-5H3/p+1/b10-8-,13-12-,16-15-,19-18-,22-21-,29-26-,38-37+/t44-,45-,46+,47+/m0/s1. The van der Waals surface area contributed by atoms with Crippen LogP contribution in [0, 0.1) is 11.8 Å². The lowest BCUT2D eigenvalue weighted by Gasteiger charge is -2.24. The van der Waals surface area contributed by atoms with Gasteiger partial charge in [-0.1, -0.05) is 131 Å². The summed E-state index contributed by atoms with van der Waals surface area (Å²) in [6.07, 6.45) is 45.2. The summed E-state index contributed by atoms with van der Waals surface area (Å²) in [4.78, 5) is 48.0. The smallest absolute Gasteiger partial charge is 0.462 e. The Morgan fingerprint density at radius 3 is 2.02 bits per heavy atom. The van der Waals surface area contributed by atoms with E-state index in [-0.39, 0.29) is 43.7 Å². The van der Waals surface area contributed by atoms with Gasteiger partial charge in [0, 0.05) is 18.8 Å². The Balaban J connectivity index is 2.48. The number of quaternary nitrogens is 1. The molecule has 0 radical (unpaired) electrons. The number of allylic oxidation sites excluding steroid dienone is 15. The van der Waals surface area contributed by atoms with Crippen LogP contribution in [0.2, 0.25) is 0 Å². The fourth-order valence-corrected chi connectivity index (χ4v) is 6.89. The lowest BCUT2D eigenvalue weighted by atomic mass is 9.90. The minimum absolute atomic E-state index is 0.0138. The van der Waals surface area contributed by atoms with Crippen molar-refractivity contribution in [2.45, 2.75) is 142 Å².